The van der Waals surface area contributed by atoms with Gasteiger partial charge >= 0.3 is 0 Å². The molecule has 0 saturated carbocycles. The van der Waals surface area contributed by atoms with Gasteiger partial charge in [-0.25, -0.2) is 0 Å². The van der Waals surface area contributed by atoms with Crippen LogP contribution in [-0.2, 0) is 11.2 Å². The van der Waals surface area contributed by atoms with Gasteiger partial charge in [-0.05, 0) is 18.6 Å². The number of hydrogen-bond acceptors (Lipinski definition) is 4. The maximum Gasteiger partial charge on any atom is 0.161 e. The van der Waals surface area contributed by atoms with Gasteiger partial charge in [-0.2, -0.15) is 0 Å². The van der Waals surface area contributed by atoms with Crippen molar-refractivity contribution in [3.63, 3.8) is 0 Å². The van der Waals surface area contributed by atoms with Gasteiger partial charge in [0, 0.05) is 20.1 Å². The molecule has 5 nitrogen and oxygen atoms in total. The van der Waals surface area contributed by atoms with E-state index in [-0.39, 0.29) is 0 Å². The van der Waals surface area contributed by atoms with Gasteiger partial charge in [-0.3, -0.25) is 4.40 Å². The van der Waals surface area contributed by atoms with Crippen LogP contribution in [0.3, 0.4) is 0 Å². The van der Waals surface area contributed by atoms with Crippen LogP contribution in [0.5, 0.6) is 5.75 Å². The second-order valence-corrected chi connectivity index (χ2v) is 3.51. The van der Waals surface area contributed by atoms with E-state index in [0.29, 0.717) is 0 Å². The molecule has 5 heteroatoms. The summed E-state index contributed by atoms with van der Waals surface area (Å²) in [5.41, 5.74) is 0.841. The van der Waals surface area contributed by atoms with Gasteiger partial charge in [0.25, 0.3) is 0 Å². The van der Waals surface area contributed by atoms with Crippen LogP contribution in [0.25, 0.3) is 5.65 Å². The minimum Gasteiger partial charge on any atom is -0.495 e. The number of ether oxygens (including phenoxy) is 2. The average molecular weight is 221 g/mol. The molecule has 0 spiro atoms. The van der Waals surface area contributed by atoms with Crippen molar-refractivity contribution in [3.8, 4) is 5.75 Å². The van der Waals surface area contributed by atoms with Crippen LogP contribution in [0, 0.1) is 0 Å². The molecule has 0 radical (unpaired) electrons. The summed E-state index contributed by atoms with van der Waals surface area (Å²) in [4.78, 5) is 0. The number of rotatable bonds is 5. The molecule has 2 aromatic rings. The summed E-state index contributed by atoms with van der Waals surface area (Å²) in [5, 5.41) is 8.23. The van der Waals surface area contributed by atoms with Gasteiger partial charge in [0.2, 0.25) is 0 Å². The third kappa shape index (κ3) is 2.14. The molecule has 0 bridgehead atoms. The maximum atomic E-state index is 5.17. The van der Waals surface area contributed by atoms with Crippen LogP contribution in [0.1, 0.15) is 12.2 Å². The SMILES string of the molecule is COCCCc1nnc2ccc(OC)cn12. The van der Waals surface area contributed by atoms with Crippen molar-refractivity contribution in [2.24, 2.45) is 0 Å². The van der Waals surface area contributed by atoms with E-state index >= 15 is 0 Å². The number of hydrogen-bond donors (Lipinski definition) is 0. The van der Waals surface area contributed by atoms with Crippen molar-refractivity contribution in [1.82, 2.24) is 14.6 Å². The molecule has 0 atom stereocenters. The van der Waals surface area contributed by atoms with Crippen LogP contribution >= 0.6 is 0 Å². The van der Waals surface area contributed by atoms with Crippen molar-refractivity contribution in [2.45, 2.75) is 12.8 Å². The molecule has 0 saturated heterocycles. The van der Waals surface area contributed by atoms with E-state index in [2.05, 4.69) is 10.2 Å². The fourth-order valence-corrected chi connectivity index (χ4v) is 1.58. The molecule has 0 aliphatic rings. The van der Waals surface area contributed by atoms with Gasteiger partial charge < -0.3 is 9.47 Å². The monoisotopic (exact) mass is 221 g/mol. The first-order chi connectivity index (χ1) is 7.85. The van der Waals surface area contributed by atoms with E-state index in [1.165, 1.54) is 0 Å². The lowest BCUT2D eigenvalue weighted by Crippen LogP contribution is -1.98. The van der Waals surface area contributed by atoms with E-state index in [4.69, 9.17) is 9.47 Å². The summed E-state index contributed by atoms with van der Waals surface area (Å²) in [6.07, 6.45) is 3.69. The molecule has 0 aliphatic carbocycles. The van der Waals surface area contributed by atoms with E-state index in [0.717, 1.165) is 36.7 Å². The smallest absolute Gasteiger partial charge is 0.161 e. The highest BCUT2D eigenvalue weighted by molar-refractivity contribution is 5.41. The van der Waals surface area contributed by atoms with Crippen molar-refractivity contribution < 1.29 is 9.47 Å². The van der Waals surface area contributed by atoms with E-state index in [1.807, 2.05) is 22.7 Å². The summed E-state index contributed by atoms with van der Waals surface area (Å²) in [6.45, 7) is 0.735. The summed E-state index contributed by atoms with van der Waals surface area (Å²) in [7, 11) is 3.35. The summed E-state index contributed by atoms with van der Waals surface area (Å²) in [6, 6.07) is 3.77. The first kappa shape index (κ1) is 10.9. The lowest BCUT2D eigenvalue weighted by molar-refractivity contribution is 0.194. The lowest BCUT2D eigenvalue weighted by Gasteiger charge is -2.02. The molecule has 2 heterocycles. The van der Waals surface area contributed by atoms with E-state index in [9.17, 15) is 0 Å². The standard InChI is InChI=1S/C11H15N3O2/c1-15-7-3-4-10-12-13-11-6-5-9(16-2)8-14(10)11/h5-6,8H,3-4,7H2,1-2H3. The van der Waals surface area contributed by atoms with Gasteiger partial charge in [0.15, 0.2) is 5.65 Å². The second-order valence-electron chi connectivity index (χ2n) is 3.51. The minimum absolute atomic E-state index is 0.735. The lowest BCUT2D eigenvalue weighted by atomic mass is 10.3. The normalized spacial score (nSPS) is 10.9. The summed E-state index contributed by atoms with van der Waals surface area (Å²) in [5.74, 6) is 1.74. The maximum absolute atomic E-state index is 5.17. The summed E-state index contributed by atoms with van der Waals surface area (Å²) >= 11 is 0. The first-order valence-corrected chi connectivity index (χ1v) is 5.21. The largest absolute Gasteiger partial charge is 0.495 e. The predicted molar refractivity (Wildman–Crippen MR) is 59.7 cm³/mol. The van der Waals surface area contributed by atoms with Gasteiger partial charge in [0.1, 0.15) is 11.6 Å². The molecule has 2 rings (SSSR count). The number of nitrogens with zero attached hydrogens (tertiary/aromatic N) is 3. The fourth-order valence-electron chi connectivity index (χ4n) is 1.58. The molecule has 0 N–H and O–H groups in total. The Balaban J connectivity index is 2.24. The molecule has 16 heavy (non-hydrogen) atoms. The Labute approximate surface area is 94.0 Å². The van der Waals surface area contributed by atoms with Crippen molar-refractivity contribution in [2.75, 3.05) is 20.8 Å². The summed E-state index contributed by atoms with van der Waals surface area (Å²) < 4.78 is 12.1. The zero-order valence-corrected chi connectivity index (χ0v) is 9.51. The molecular weight excluding hydrogens is 206 g/mol. The molecule has 0 unspecified atom stereocenters. The van der Waals surface area contributed by atoms with Crippen LogP contribution in [0.4, 0.5) is 0 Å². The molecule has 0 aliphatic heterocycles. The molecule has 0 amide bonds. The number of aryl methyl sites for hydroxylation is 1. The number of aromatic nitrogens is 3. The van der Waals surface area contributed by atoms with E-state index < -0.39 is 0 Å². The number of fused-ring (bicyclic) bond motifs is 1. The fraction of sp³-hybridized carbons (Fsp3) is 0.455. The van der Waals surface area contributed by atoms with Crippen LogP contribution < -0.4 is 4.74 Å². The quantitative estimate of drug-likeness (QED) is 0.714. The molecule has 86 valence electrons. The van der Waals surface area contributed by atoms with E-state index in [1.54, 1.807) is 14.2 Å². The average Bonchev–Trinajstić information content (AvgIpc) is 2.72. The highest BCUT2D eigenvalue weighted by atomic mass is 16.5. The zero-order valence-electron chi connectivity index (χ0n) is 9.51. The topological polar surface area (TPSA) is 48.7 Å². The molecular formula is C11H15N3O2. The Morgan fingerprint density at radius 3 is 2.88 bits per heavy atom. The first-order valence-electron chi connectivity index (χ1n) is 5.21. The number of pyridine rings is 1. The van der Waals surface area contributed by atoms with Crippen molar-refractivity contribution in [1.29, 1.82) is 0 Å². The predicted octanol–water partition coefficient (Wildman–Crippen LogP) is 1.32. The zero-order chi connectivity index (χ0) is 11.4. The highest BCUT2D eigenvalue weighted by Crippen LogP contribution is 2.13. The third-order valence-corrected chi connectivity index (χ3v) is 2.43. The Morgan fingerprint density at radius 1 is 1.25 bits per heavy atom. The Hall–Kier alpha value is -1.62. The highest BCUT2D eigenvalue weighted by Gasteiger charge is 2.05. The molecule has 0 aromatic carbocycles. The molecule has 2 aromatic heterocycles. The van der Waals surface area contributed by atoms with Gasteiger partial charge in [0.05, 0.1) is 13.3 Å². The van der Waals surface area contributed by atoms with Gasteiger partial charge in [-0.15, -0.1) is 10.2 Å². The Morgan fingerprint density at radius 2 is 2.12 bits per heavy atom. The number of methoxy groups -OCH3 is 2. The second kappa shape index (κ2) is 4.94. The van der Waals surface area contributed by atoms with Crippen molar-refractivity contribution in [3.05, 3.63) is 24.2 Å². The Bertz CT molecular complexity index is 467. The van der Waals surface area contributed by atoms with Gasteiger partial charge in [-0.1, -0.05) is 0 Å². The van der Waals surface area contributed by atoms with Crippen LogP contribution in [-0.4, -0.2) is 35.4 Å². The minimum atomic E-state index is 0.735. The van der Waals surface area contributed by atoms with Crippen molar-refractivity contribution >= 4 is 5.65 Å². The third-order valence-electron chi connectivity index (χ3n) is 2.43. The molecule has 0 fully saturated rings. The van der Waals surface area contributed by atoms with Crippen LogP contribution in [0.15, 0.2) is 18.3 Å². The van der Waals surface area contributed by atoms with Crippen LogP contribution in [0.2, 0.25) is 0 Å². The Kier molecular flexibility index (Phi) is 3.36.